The van der Waals surface area contributed by atoms with Crippen LogP contribution in [-0.2, 0) is 13.2 Å². The van der Waals surface area contributed by atoms with Gasteiger partial charge >= 0.3 is 0 Å². The SMILES string of the molecule is Cc1ccc(Cl)cc1OCc1ccc(CN)s1. The van der Waals surface area contributed by atoms with Crippen LogP contribution < -0.4 is 10.5 Å². The molecule has 90 valence electrons. The summed E-state index contributed by atoms with van der Waals surface area (Å²) in [5.74, 6) is 0.834. The Labute approximate surface area is 110 Å². The molecule has 0 bridgehead atoms. The fourth-order valence-electron chi connectivity index (χ4n) is 1.49. The number of aryl methyl sites for hydroxylation is 1. The molecule has 0 saturated heterocycles. The van der Waals surface area contributed by atoms with Crippen LogP contribution in [0.25, 0.3) is 0 Å². The summed E-state index contributed by atoms with van der Waals surface area (Å²) in [4.78, 5) is 2.34. The Kier molecular flexibility index (Phi) is 4.05. The van der Waals surface area contributed by atoms with Crippen LogP contribution in [0.15, 0.2) is 30.3 Å². The van der Waals surface area contributed by atoms with Crippen LogP contribution in [0.3, 0.4) is 0 Å². The number of thiophene rings is 1. The van der Waals surface area contributed by atoms with Gasteiger partial charge < -0.3 is 10.5 Å². The molecule has 0 unspecified atom stereocenters. The van der Waals surface area contributed by atoms with E-state index in [0.29, 0.717) is 18.2 Å². The average molecular weight is 268 g/mol. The van der Waals surface area contributed by atoms with E-state index in [1.165, 1.54) is 9.75 Å². The van der Waals surface area contributed by atoms with Gasteiger partial charge in [-0.2, -0.15) is 0 Å². The standard InChI is InChI=1S/C13H14ClNOS/c1-9-2-3-10(14)6-13(9)16-8-12-5-4-11(7-15)17-12/h2-6H,7-8,15H2,1H3. The van der Waals surface area contributed by atoms with Crippen molar-refractivity contribution in [3.8, 4) is 5.75 Å². The highest BCUT2D eigenvalue weighted by Gasteiger charge is 2.03. The second kappa shape index (κ2) is 5.54. The van der Waals surface area contributed by atoms with Crippen molar-refractivity contribution in [2.45, 2.75) is 20.1 Å². The summed E-state index contributed by atoms with van der Waals surface area (Å²) in [6.45, 7) is 3.15. The molecule has 2 N–H and O–H groups in total. The molecule has 0 aliphatic rings. The highest BCUT2D eigenvalue weighted by atomic mass is 35.5. The molecule has 2 nitrogen and oxygen atoms in total. The number of nitrogens with two attached hydrogens (primary N) is 1. The fraction of sp³-hybridized carbons (Fsp3) is 0.231. The summed E-state index contributed by atoms with van der Waals surface area (Å²) >= 11 is 7.61. The van der Waals surface area contributed by atoms with Gasteiger partial charge in [-0.1, -0.05) is 17.7 Å². The van der Waals surface area contributed by atoms with E-state index in [1.807, 2.05) is 37.3 Å². The first kappa shape index (κ1) is 12.4. The van der Waals surface area contributed by atoms with E-state index in [9.17, 15) is 0 Å². The van der Waals surface area contributed by atoms with Crippen molar-refractivity contribution in [3.63, 3.8) is 0 Å². The summed E-state index contributed by atoms with van der Waals surface area (Å²) in [6, 6.07) is 9.74. The van der Waals surface area contributed by atoms with Crippen molar-refractivity contribution in [1.29, 1.82) is 0 Å². The zero-order valence-corrected chi connectivity index (χ0v) is 11.1. The van der Waals surface area contributed by atoms with Crippen LogP contribution in [0.2, 0.25) is 5.02 Å². The lowest BCUT2D eigenvalue weighted by Gasteiger charge is -2.08. The van der Waals surface area contributed by atoms with Crippen molar-refractivity contribution in [3.05, 3.63) is 50.7 Å². The zero-order chi connectivity index (χ0) is 12.3. The highest BCUT2D eigenvalue weighted by Crippen LogP contribution is 2.24. The number of benzene rings is 1. The van der Waals surface area contributed by atoms with E-state index < -0.39 is 0 Å². The van der Waals surface area contributed by atoms with Gasteiger partial charge in [0.05, 0.1) is 0 Å². The van der Waals surface area contributed by atoms with Gasteiger partial charge in [0.1, 0.15) is 12.4 Å². The summed E-state index contributed by atoms with van der Waals surface area (Å²) in [6.07, 6.45) is 0. The van der Waals surface area contributed by atoms with Crippen molar-refractivity contribution in [2.75, 3.05) is 0 Å². The Bertz CT molecular complexity index is 510. The maximum absolute atomic E-state index is 5.93. The van der Waals surface area contributed by atoms with E-state index in [1.54, 1.807) is 11.3 Å². The topological polar surface area (TPSA) is 35.2 Å². The van der Waals surface area contributed by atoms with Gasteiger partial charge in [-0.15, -0.1) is 11.3 Å². The van der Waals surface area contributed by atoms with E-state index in [0.717, 1.165) is 11.3 Å². The Morgan fingerprint density at radius 1 is 1.24 bits per heavy atom. The Morgan fingerprint density at radius 2 is 2.00 bits per heavy atom. The third-order valence-corrected chi connectivity index (χ3v) is 3.75. The first-order valence-electron chi connectivity index (χ1n) is 5.35. The smallest absolute Gasteiger partial charge is 0.124 e. The molecule has 2 aromatic rings. The second-order valence-corrected chi connectivity index (χ2v) is 5.46. The molecule has 4 heteroatoms. The molecule has 0 atom stereocenters. The maximum atomic E-state index is 5.93. The molecule has 1 heterocycles. The second-order valence-electron chi connectivity index (χ2n) is 3.77. The van der Waals surface area contributed by atoms with Gasteiger partial charge in [0.15, 0.2) is 0 Å². The Morgan fingerprint density at radius 3 is 2.71 bits per heavy atom. The van der Waals surface area contributed by atoms with Crippen LogP contribution in [0.1, 0.15) is 15.3 Å². The molecule has 0 radical (unpaired) electrons. The highest BCUT2D eigenvalue weighted by molar-refractivity contribution is 7.11. The molecule has 0 amide bonds. The quantitative estimate of drug-likeness (QED) is 0.916. The summed E-state index contributed by atoms with van der Waals surface area (Å²) in [5.41, 5.74) is 6.65. The van der Waals surface area contributed by atoms with Crippen LogP contribution >= 0.6 is 22.9 Å². The number of ether oxygens (including phenoxy) is 1. The number of rotatable bonds is 4. The summed E-state index contributed by atoms with van der Waals surface area (Å²) < 4.78 is 5.75. The monoisotopic (exact) mass is 267 g/mol. The lowest BCUT2D eigenvalue weighted by molar-refractivity contribution is 0.307. The minimum absolute atomic E-state index is 0.561. The van der Waals surface area contributed by atoms with Crippen LogP contribution in [0, 0.1) is 6.92 Å². The molecule has 2 rings (SSSR count). The van der Waals surface area contributed by atoms with E-state index >= 15 is 0 Å². The third kappa shape index (κ3) is 3.22. The predicted molar refractivity (Wildman–Crippen MR) is 72.7 cm³/mol. The fourth-order valence-corrected chi connectivity index (χ4v) is 2.46. The Balaban J connectivity index is 2.04. The van der Waals surface area contributed by atoms with Crippen LogP contribution in [0.5, 0.6) is 5.75 Å². The normalized spacial score (nSPS) is 10.5. The largest absolute Gasteiger partial charge is 0.488 e. The van der Waals surface area contributed by atoms with Gasteiger partial charge in [-0.25, -0.2) is 0 Å². The molecule has 1 aromatic heterocycles. The van der Waals surface area contributed by atoms with Crippen molar-refractivity contribution in [1.82, 2.24) is 0 Å². The molecule has 0 saturated carbocycles. The molecule has 1 aromatic carbocycles. The molecule has 0 aliphatic heterocycles. The van der Waals surface area contributed by atoms with Crippen LogP contribution in [0.4, 0.5) is 0 Å². The minimum atomic E-state index is 0.561. The molecule has 0 aliphatic carbocycles. The maximum Gasteiger partial charge on any atom is 0.124 e. The van der Waals surface area contributed by atoms with Crippen molar-refractivity contribution in [2.24, 2.45) is 5.73 Å². The summed E-state index contributed by atoms with van der Waals surface area (Å²) in [7, 11) is 0. The van der Waals surface area contributed by atoms with Crippen LogP contribution in [-0.4, -0.2) is 0 Å². The first-order chi connectivity index (χ1) is 8.19. The molecule has 17 heavy (non-hydrogen) atoms. The first-order valence-corrected chi connectivity index (χ1v) is 6.55. The number of hydrogen-bond acceptors (Lipinski definition) is 3. The van der Waals surface area contributed by atoms with Gasteiger partial charge in [-0.3, -0.25) is 0 Å². The van der Waals surface area contributed by atoms with Gasteiger partial charge in [0.2, 0.25) is 0 Å². The summed E-state index contributed by atoms with van der Waals surface area (Å²) in [5, 5.41) is 0.694. The molecular formula is C13H14ClNOS. The average Bonchev–Trinajstić information content (AvgIpc) is 2.78. The van der Waals surface area contributed by atoms with Crippen molar-refractivity contribution >= 4 is 22.9 Å². The lowest BCUT2D eigenvalue weighted by atomic mass is 10.2. The minimum Gasteiger partial charge on any atom is -0.488 e. The van der Waals surface area contributed by atoms with Crippen molar-refractivity contribution < 1.29 is 4.74 Å². The predicted octanol–water partition coefficient (Wildman–Crippen LogP) is 3.75. The molecule has 0 fully saturated rings. The number of hydrogen-bond donors (Lipinski definition) is 1. The third-order valence-electron chi connectivity index (χ3n) is 2.44. The lowest BCUT2D eigenvalue weighted by Crippen LogP contribution is -1.95. The van der Waals surface area contributed by atoms with Gasteiger partial charge in [0, 0.05) is 21.3 Å². The van der Waals surface area contributed by atoms with Gasteiger partial charge in [-0.05, 0) is 36.8 Å². The van der Waals surface area contributed by atoms with E-state index in [4.69, 9.17) is 22.1 Å². The molecular weight excluding hydrogens is 254 g/mol. The van der Waals surface area contributed by atoms with Gasteiger partial charge in [0.25, 0.3) is 0 Å². The Hall–Kier alpha value is -1.03. The number of halogens is 1. The molecule has 0 spiro atoms. The zero-order valence-electron chi connectivity index (χ0n) is 9.57. The van der Waals surface area contributed by atoms with E-state index in [-0.39, 0.29) is 0 Å². The van der Waals surface area contributed by atoms with E-state index in [2.05, 4.69) is 0 Å².